The number of hydrogen-bond donors (Lipinski definition) is 2. The SMILES string of the molecule is NC(=O)N/N=C\c1cn(Cc2ccc(I)cc2)c2ccccc12. The normalized spacial score (nSPS) is 11.2. The molecule has 6 heteroatoms. The molecule has 0 spiro atoms. The highest BCUT2D eigenvalue weighted by Gasteiger charge is 2.07. The number of nitrogens with zero attached hydrogens (tertiary/aromatic N) is 2. The summed E-state index contributed by atoms with van der Waals surface area (Å²) in [6, 6.07) is 15.9. The number of nitrogens with one attached hydrogen (secondary N) is 1. The van der Waals surface area contributed by atoms with Gasteiger partial charge in [0.1, 0.15) is 0 Å². The molecule has 1 aromatic heterocycles. The predicted octanol–water partition coefficient (Wildman–Crippen LogP) is 3.30. The minimum Gasteiger partial charge on any atom is -0.350 e. The van der Waals surface area contributed by atoms with Crippen LogP contribution in [0.1, 0.15) is 11.1 Å². The van der Waals surface area contributed by atoms with Crippen LogP contribution >= 0.6 is 22.6 Å². The molecule has 0 saturated heterocycles. The van der Waals surface area contributed by atoms with Gasteiger partial charge in [-0.25, -0.2) is 10.2 Å². The molecule has 0 atom stereocenters. The zero-order chi connectivity index (χ0) is 16.2. The van der Waals surface area contributed by atoms with E-state index < -0.39 is 6.03 Å². The van der Waals surface area contributed by atoms with Gasteiger partial charge in [0.15, 0.2) is 0 Å². The van der Waals surface area contributed by atoms with Crippen LogP contribution in [0.25, 0.3) is 10.9 Å². The summed E-state index contributed by atoms with van der Waals surface area (Å²) >= 11 is 2.30. The van der Waals surface area contributed by atoms with Gasteiger partial charge in [-0.2, -0.15) is 5.10 Å². The molecule has 2 aromatic carbocycles. The van der Waals surface area contributed by atoms with Gasteiger partial charge in [-0.05, 0) is 46.4 Å². The maximum atomic E-state index is 10.7. The van der Waals surface area contributed by atoms with Gasteiger partial charge in [-0.15, -0.1) is 0 Å². The standard InChI is InChI=1S/C17H15IN4O/c18-14-7-5-12(6-8-14)10-22-11-13(9-20-21-17(19)23)15-3-1-2-4-16(15)22/h1-9,11H,10H2,(H3,19,21,23)/b20-9-. The zero-order valence-corrected chi connectivity index (χ0v) is 14.4. The van der Waals surface area contributed by atoms with Gasteiger partial charge >= 0.3 is 6.03 Å². The number of fused-ring (bicyclic) bond motifs is 1. The fourth-order valence-electron chi connectivity index (χ4n) is 2.46. The number of benzene rings is 2. The number of hydrogen-bond acceptors (Lipinski definition) is 2. The molecule has 0 unspecified atom stereocenters. The van der Waals surface area contributed by atoms with E-state index in [0.29, 0.717) is 0 Å². The molecule has 3 aromatic rings. The van der Waals surface area contributed by atoms with Crippen LogP contribution in [-0.2, 0) is 6.54 Å². The summed E-state index contributed by atoms with van der Waals surface area (Å²) in [5.74, 6) is 0. The van der Waals surface area contributed by atoms with E-state index in [9.17, 15) is 4.79 Å². The van der Waals surface area contributed by atoms with E-state index in [1.165, 1.54) is 9.13 Å². The van der Waals surface area contributed by atoms with Gasteiger partial charge in [-0.3, -0.25) is 0 Å². The maximum Gasteiger partial charge on any atom is 0.332 e. The van der Waals surface area contributed by atoms with Crippen molar-refractivity contribution in [3.8, 4) is 0 Å². The molecule has 5 nitrogen and oxygen atoms in total. The number of aromatic nitrogens is 1. The molecular weight excluding hydrogens is 403 g/mol. The number of carbonyl (C=O) groups excluding carboxylic acids is 1. The third-order valence-corrected chi connectivity index (χ3v) is 4.18. The molecule has 1 heterocycles. The Labute approximate surface area is 147 Å². The van der Waals surface area contributed by atoms with Crippen LogP contribution in [0.2, 0.25) is 0 Å². The van der Waals surface area contributed by atoms with Crippen molar-refractivity contribution < 1.29 is 4.79 Å². The topological polar surface area (TPSA) is 72.4 Å². The zero-order valence-electron chi connectivity index (χ0n) is 12.2. The molecule has 0 aliphatic rings. The number of hydrazone groups is 1. The number of amides is 2. The van der Waals surface area contributed by atoms with Gasteiger partial charge in [0.05, 0.1) is 6.21 Å². The van der Waals surface area contributed by atoms with Crippen molar-refractivity contribution in [2.45, 2.75) is 6.54 Å². The minimum atomic E-state index is -0.677. The van der Waals surface area contributed by atoms with Gasteiger partial charge in [0.2, 0.25) is 0 Å². The van der Waals surface area contributed by atoms with Crippen molar-refractivity contribution in [1.29, 1.82) is 0 Å². The van der Waals surface area contributed by atoms with Crippen LogP contribution < -0.4 is 11.2 Å². The quantitative estimate of drug-likeness (QED) is 0.381. The van der Waals surface area contributed by atoms with Crippen molar-refractivity contribution >= 4 is 45.7 Å². The first kappa shape index (κ1) is 15.5. The van der Waals surface area contributed by atoms with Crippen LogP contribution in [0.5, 0.6) is 0 Å². The minimum absolute atomic E-state index is 0.677. The Morgan fingerprint density at radius 1 is 1.22 bits per heavy atom. The number of para-hydroxylation sites is 1. The first-order valence-electron chi connectivity index (χ1n) is 7.04. The molecule has 3 rings (SSSR count). The third kappa shape index (κ3) is 3.70. The van der Waals surface area contributed by atoms with E-state index in [1.54, 1.807) is 6.21 Å². The summed E-state index contributed by atoms with van der Waals surface area (Å²) in [7, 11) is 0. The smallest absolute Gasteiger partial charge is 0.332 e. The summed E-state index contributed by atoms with van der Waals surface area (Å²) in [5.41, 5.74) is 10.5. The number of urea groups is 1. The lowest BCUT2D eigenvalue weighted by molar-refractivity contribution is 0.249. The molecule has 0 saturated carbocycles. The summed E-state index contributed by atoms with van der Waals surface area (Å²) in [6.07, 6.45) is 3.63. The van der Waals surface area contributed by atoms with Crippen molar-refractivity contribution in [3.05, 3.63) is 69.4 Å². The first-order chi connectivity index (χ1) is 11.1. The van der Waals surface area contributed by atoms with E-state index in [2.05, 4.69) is 68.0 Å². The number of primary amides is 1. The molecule has 116 valence electrons. The Hall–Kier alpha value is -2.35. The molecule has 0 aliphatic heterocycles. The van der Waals surface area contributed by atoms with Crippen LogP contribution in [0.15, 0.2) is 59.8 Å². The van der Waals surface area contributed by atoms with Crippen molar-refractivity contribution in [2.24, 2.45) is 10.8 Å². The lowest BCUT2D eigenvalue weighted by Crippen LogP contribution is -2.24. The Morgan fingerprint density at radius 3 is 2.70 bits per heavy atom. The van der Waals surface area contributed by atoms with Gasteiger partial charge in [-0.1, -0.05) is 30.3 Å². The summed E-state index contributed by atoms with van der Waals surface area (Å²) in [5, 5.41) is 4.94. The molecule has 0 radical (unpaired) electrons. The van der Waals surface area contributed by atoms with E-state index in [4.69, 9.17) is 5.73 Å². The van der Waals surface area contributed by atoms with Crippen LogP contribution in [0, 0.1) is 3.57 Å². The summed E-state index contributed by atoms with van der Waals surface area (Å²) < 4.78 is 3.39. The lowest BCUT2D eigenvalue weighted by Gasteiger charge is -2.05. The van der Waals surface area contributed by atoms with Crippen LogP contribution in [0.3, 0.4) is 0 Å². The highest BCUT2D eigenvalue weighted by Crippen LogP contribution is 2.21. The first-order valence-corrected chi connectivity index (χ1v) is 8.12. The number of carbonyl (C=O) groups is 1. The van der Waals surface area contributed by atoms with Crippen molar-refractivity contribution in [1.82, 2.24) is 9.99 Å². The highest BCUT2D eigenvalue weighted by molar-refractivity contribution is 14.1. The van der Waals surface area contributed by atoms with Gasteiger partial charge in [0.25, 0.3) is 0 Å². The largest absolute Gasteiger partial charge is 0.350 e. The van der Waals surface area contributed by atoms with Crippen molar-refractivity contribution in [3.63, 3.8) is 0 Å². The monoisotopic (exact) mass is 418 g/mol. The Kier molecular flexibility index (Phi) is 4.61. The number of rotatable bonds is 4. The molecule has 23 heavy (non-hydrogen) atoms. The second-order valence-electron chi connectivity index (χ2n) is 5.09. The average Bonchev–Trinajstić information content (AvgIpc) is 2.88. The molecular formula is C17H15IN4O. The van der Waals surface area contributed by atoms with E-state index >= 15 is 0 Å². The number of nitrogens with two attached hydrogens (primary N) is 1. The second-order valence-corrected chi connectivity index (χ2v) is 6.34. The maximum absolute atomic E-state index is 10.7. The average molecular weight is 418 g/mol. The van der Waals surface area contributed by atoms with Crippen LogP contribution in [-0.4, -0.2) is 16.8 Å². The number of halogens is 1. The van der Waals surface area contributed by atoms with Crippen molar-refractivity contribution in [2.75, 3.05) is 0 Å². The molecule has 0 bridgehead atoms. The van der Waals surface area contributed by atoms with Gasteiger partial charge in [0, 0.05) is 32.8 Å². The van der Waals surface area contributed by atoms with E-state index in [1.807, 2.05) is 24.4 Å². The molecule has 3 N–H and O–H groups in total. The van der Waals surface area contributed by atoms with Gasteiger partial charge < -0.3 is 10.3 Å². The van der Waals surface area contributed by atoms with E-state index in [-0.39, 0.29) is 0 Å². The molecule has 0 fully saturated rings. The predicted molar refractivity (Wildman–Crippen MR) is 101 cm³/mol. The second kappa shape index (κ2) is 6.82. The Balaban J connectivity index is 1.95. The van der Waals surface area contributed by atoms with E-state index in [0.717, 1.165) is 23.0 Å². The third-order valence-electron chi connectivity index (χ3n) is 3.46. The lowest BCUT2D eigenvalue weighted by atomic mass is 10.2. The summed E-state index contributed by atoms with van der Waals surface area (Å²) in [4.78, 5) is 10.7. The fourth-order valence-corrected chi connectivity index (χ4v) is 2.82. The Morgan fingerprint density at radius 2 is 1.96 bits per heavy atom. The molecule has 2 amide bonds. The summed E-state index contributed by atoms with van der Waals surface area (Å²) in [6.45, 7) is 0.772. The van der Waals surface area contributed by atoms with Crippen LogP contribution in [0.4, 0.5) is 4.79 Å². The highest BCUT2D eigenvalue weighted by atomic mass is 127. The molecule has 0 aliphatic carbocycles. The Bertz CT molecular complexity index is 868. The fraction of sp³-hybridized carbons (Fsp3) is 0.0588.